The van der Waals surface area contributed by atoms with E-state index >= 15 is 0 Å². The van der Waals surface area contributed by atoms with Crippen LogP contribution in [-0.2, 0) is 6.54 Å². The number of furan rings is 1. The first-order valence-electron chi connectivity index (χ1n) is 6.03. The predicted octanol–water partition coefficient (Wildman–Crippen LogP) is 2.45. The molecule has 0 spiro atoms. The lowest BCUT2D eigenvalue weighted by Crippen LogP contribution is -2.24. The van der Waals surface area contributed by atoms with Gasteiger partial charge in [-0.05, 0) is 26.0 Å². The predicted molar refractivity (Wildman–Crippen MR) is 71.7 cm³/mol. The Morgan fingerprint density at radius 3 is 2.83 bits per heavy atom. The topological polar surface area (TPSA) is 54.2 Å². The maximum Gasteiger partial charge on any atom is 0.137 e. The summed E-state index contributed by atoms with van der Waals surface area (Å²) in [5, 5.41) is 3.07. The SMILES string of the molecule is CCN(Cc1ccco1)c1ncnc(NC)c1C. The Morgan fingerprint density at radius 2 is 2.22 bits per heavy atom. The van der Waals surface area contributed by atoms with E-state index in [2.05, 4.69) is 27.1 Å². The fraction of sp³-hybridized carbons (Fsp3) is 0.385. The average Bonchev–Trinajstić information content (AvgIpc) is 2.89. The van der Waals surface area contributed by atoms with Crippen LogP contribution in [0.3, 0.4) is 0 Å². The van der Waals surface area contributed by atoms with Crippen molar-refractivity contribution < 1.29 is 4.42 Å². The van der Waals surface area contributed by atoms with Gasteiger partial charge in [0, 0.05) is 19.2 Å². The molecule has 0 aliphatic carbocycles. The van der Waals surface area contributed by atoms with Crippen molar-refractivity contribution in [1.29, 1.82) is 0 Å². The molecule has 5 heteroatoms. The molecule has 0 saturated carbocycles. The largest absolute Gasteiger partial charge is 0.467 e. The highest BCUT2D eigenvalue weighted by Gasteiger charge is 2.13. The molecule has 0 aliphatic rings. The molecular weight excluding hydrogens is 228 g/mol. The number of hydrogen-bond donors (Lipinski definition) is 1. The van der Waals surface area contributed by atoms with Crippen LogP contribution in [0, 0.1) is 6.92 Å². The molecule has 2 rings (SSSR count). The van der Waals surface area contributed by atoms with Crippen LogP contribution in [0.1, 0.15) is 18.2 Å². The summed E-state index contributed by atoms with van der Waals surface area (Å²) in [5.41, 5.74) is 1.05. The van der Waals surface area contributed by atoms with E-state index in [-0.39, 0.29) is 0 Å². The van der Waals surface area contributed by atoms with Crippen LogP contribution in [-0.4, -0.2) is 23.6 Å². The molecule has 2 aromatic heterocycles. The molecule has 0 fully saturated rings. The third-order valence-electron chi connectivity index (χ3n) is 2.90. The molecule has 5 nitrogen and oxygen atoms in total. The van der Waals surface area contributed by atoms with Crippen molar-refractivity contribution in [2.24, 2.45) is 0 Å². The first-order valence-corrected chi connectivity index (χ1v) is 6.03. The Labute approximate surface area is 107 Å². The summed E-state index contributed by atoms with van der Waals surface area (Å²) in [6.45, 7) is 5.70. The molecule has 96 valence electrons. The molecule has 0 aliphatic heterocycles. The van der Waals surface area contributed by atoms with E-state index in [0.29, 0.717) is 6.54 Å². The Balaban J connectivity index is 2.27. The molecule has 2 heterocycles. The highest BCUT2D eigenvalue weighted by molar-refractivity contribution is 5.57. The van der Waals surface area contributed by atoms with Crippen LogP contribution in [0.5, 0.6) is 0 Å². The second-order valence-corrected chi connectivity index (χ2v) is 4.01. The number of nitrogens with zero attached hydrogens (tertiary/aromatic N) is 3. The second-order valence-electron chi connectivity index (χ2n) is 4.01. The van der Waals surface area contributed by atoms with Crippen molar-refractivity contribution in [1.82, 2.24) is 9.97 Å². The highest BCUT2D eigenvalue weighted by atomic mass is 16.3. The summed E-state index contributed by atoms with van der Waals surface area (Å²) in [7, 11) is 1.86. The lowest BCUT2D eigenvalue weighted by atomic mass is 10.2. The van der Waals surface area contributed by atoms with E-state index in [1.807, 2.05) is 26.1 Å². The van der Waals surface area contributed by atoms with Crippen LogP contribution in [0.15, 0.2) is 29.1 Å². The molecule has 0 atom stereocenters. The maximum atomic E-state index is 5.38. The zero-order valence-electron chi connectivity index (χ0n) is 11.0. The van der Waals surface area contributed by atoms with E-state index in [1.54, 1.807) is 12.6 Å². The van der Waals surface area contributed by atoms with E-state index in [0.717, 1.165) is 29.5 Å². The fourth-order valence-corrected chi connectivity index (χ4v) is 1.94. The minimum Gasteiger partial charge on any atom is -0.467 e. The quantitative estimate of drug-likeness (QED) is 0.878. The number of rotatable bonds is 5. The molecule has 0 amide bonds. The zero-order chi connectivity index (χ0) is 13.0. The van der Waals surface area contributed by atoms with E-state index in [4.69, 9.17) is 4.42 Å². The van der Waals surface area contributed by atoms with Gasteiger partial charge in [0.1, 0.15) is 23.7 Å². The minimum atomic E-state index is 0.713. The van der Waals surface area contributed by atoms with Gasteiger partial charge in [0.25, 0.3) is 0 Å². The van der Waals surface area contributed by atoms with Gasteiger partial charge in [0.05, 0.1) is 12.8 Å². The Kier molecular flexibility index (Phi) is 3.82. The van der Waals surface area contributed by atoms with Crippen molar-refractivity contribution in [2.45, 2.75) is 20.4 Å². The maximum absolute atomic E-state index is 5.38. The van der Waals surface area contributed by atoms with Crippen molar-refractivity contribution in [2.75, 3.05) is 23.8 Å². The third kappa shape index (κ3) is 2.45. The molecule has 0 unspecified atom stereocenters. The first kappa shape index (κ1) is 12.4. The van der Waals surface area contributed by atoms with E-state index in [9.17, 15) is 0 Å². The lowest BCUT2D eigenvalue weighted by molar-refractivity contribution is 0.502. The van der Waals surface area contributed by atoms with Gasteiger partial charge < -0.3 is 14.6 Å². The van der Waals surface area contributed by atoms with Crippen LogP contribution < -0.4 is 10.2 Å². The monoisotopic (exact) mass is 246 g/mol. The fourth-order valence-electron chi connectivity index (χ4n) is 1.94. The molecule has 2 aromatic rings. The Bertz CT molecular complexity index is 496. The molecule has 0 saturated heterocycles. The number of hydrogen-bond acceptors (Lipinski definition) is 5. The van der Waals surface area contributed by atoms with Gasteiger partial charge >= 0.3 is 0 Å². The molecular formula is C13H18N4O. The zero-order valence-corrected chi connectivity index (χ0v) is 11.0. The Hall–Kier alpha value is -2.04. The number of aromatic nitrogens is 2. The van der Waals surface area contributed by atoms with Gasteiger partial charge in [0.2, 0.25) is 0 Å². The highest BCUT2D eigenvalue weighted by Crippen LogP contribution is 2.23. The van der Waals surface area contributed by atoms with Gasteiger partial charge in [-0.3, -0.25) is 0 Å². The average molecular weight is 246 g/mol. The number of anilines is 2. The van der Waals surface area contributed by atoms with Crippen molar-refractivity contribution in [3.05, 3.63) is 36.0 Å². The third-order valence-corrected chi connectivity index (χ3v) is 2.90. The molecule has 0 radical (unpaired) electrons. The van der Waals surface area contributed by atoms with Crippen molar-refractivity contribution >= 4 is 11.6 Å². The van der Waals surface area contributed by atoms with Crippen LogP contribution in [0.2, 0.25) is 0 Å². The van der Waals surface area contributed by atoms with Gasteiger partial charge in [-0.25, -0.2) is 9.97 Å². The summed E-state index contributed by atoms with van der Waals surface area (Å²) in [5.74, 6) is 2.73. The van der Waals surface area contributed by atoms with Crippen LogP contribution in [0.25, 0.3) is 0 Å². The standard InChI is InChI=1S/C13H18N4O/c1-4-17(8-11-6-5-7-18-11)13-10(2)12(14-3)15-9-16-13/h5-7,9H,4,8H2,1-3H3,(H,14,15,16). The second kappa shape index (κ2) is 5.53. The summed E-state index contributed by atoms with van der Waals surface area (Å²) >= 11 is 0. The van der Waals surface area contributed by atoms with Crippen LogP contribution >= 0.6 is 0 Å². The molecule has 0 aromatic carbocycles. The Morgan fingerprint density at radius 1 is 1.39 bits per heavy atom. The van der Waals surface area contributed by atoms with Gasteiger partial charge in [0.15, 0.2) is 0 Å². The minimum absolute atomic E-state index is 0.713. The first-order chi connectivity index (χ1) is 8.76. The summed E-state index contributed by atoms with van der Waals surface area (Å²) in [4.78, 5) is 10.7. The molecule has 18 heavy (non-hydrogen) atoms. The van der Waals surface area contributed by atoms with Gasteiger partial charge in [-0.15, -0.1) is 0 Å². The van der Waals surface area contributed by atoms with Crippen LogP contribution in [0.4, 0.5) is 11.6 Å². The van der Waals surface area contributed by atoms with Crippen molar-refractivity contribution in [3.8, 4) is 0 Å². The summed E-state index contributed by atoms with van der Waals surface area (Å²) in [6.07, 6.45) is 3.27. The molecule has 0 bridgehead atoms. The van der Waals surface area contributed by atoms with Gasteiger partial charge in [-0.2, -0.15) is 0 Å². The van der Waals surface area contributed by atoms with E-state index < -0.39 is 0 Å². The normalized spacial score (nSPS) is 10.4. The summed E-state index contributed by atoms with van der Waals surface area (Å²) < 4.78 is 5.38. The smallest absolute Gasteiger partial charge is 0.137 e. The van der Waals surface area contributed by atoms with Gasteiger partial charge in [-0.1, -0.05) is 0 Å². The summed E-state index contributed by atoms with van der Waals surface area (Å²) in [6, 6.07) is 3.87. The molecule has 1 N–H and O–H groups in total. The lowest BCUT2D eigenvalue weighted by Gasteiger charge is -2.23. The number of nitrogens with one attached hydrogen (secondary N) is 1. The van der Waals surface area contributed by atoms with E-state index in [1.165, 1.54) is 0 Å². The van der Waals surface area contributed by atoms with Crippen molar-refractivity contribution in [3.63, 3.8) is 0 Å².